The lowest BCUT2D eigenvalue weighted by Crippen LogP contribution is -2.12. The smallest absolute Gasteiger partial charge is 0.111 e. The molecular formula is C14H18ClIN2S. The van der Waals surface area contributed by atoms with Gasteiger partial charge in [0.25, 0.3) is 0 Å². The van der Waals surface area contributed by atoms with Crippen LogP contribution in [0, 0.1) is 3.57 Å². The Morgan fingerprint density at radius 2 is 2.26 bits per heavy atom. The van der Waals surface area contributed by atoms with Crippen molar-refractivity contribution in [2.45, 2.75) is 26.3 Å². The molecule has 0 N–H and O–H groups in total. The summed E-state index contributed by atoms with van der Waals surface area (Å²) in [6, 6.07) is 6.91. The zero-order chi connectivity index (χ0) is 13.8. The Hall–Kier alpha value is 0.0600. The van der Waals surface area contributed by atoms with Crippen LogP contribution in [0.15, 0.2) is 18.2 Å². The minimum Gasteiger partial charge on any atom is -0.324 e. The summed E-state index contributed by atoms with van der Waals surface area (Å²) in [7, 11) is 0. The van der Waals surface area contributed by atoms with Crippen LogP contribution in [0.5, 0.6) is 0 Å². The van der Waals surface area contributed by atoms with Crippen LogP contribution in [0.3, 0.4) is 0 Å². The summed E-state index contributed by atoms with van der Waals surface area (Å²) in [5, 5.41) is 0. The van der Waals surface area contributed by atoms with Crippen LogP contribution < -0.4 is 0 Å². The van der Waals surface area contributed by atoms with Gasteiger partial charge in [-0.3, -0.25) is 0 Å². The van der Waals surface area contributed by atoms with Crippen molar-refractivity contribution >= 4 is 57.0 Å². The fourth-order valence-corrected chi connectivity index (χ4v) is 3.61. The largest absolute Gasteiger partial charge is 0.324 e. The summed E-state index contributed by atoms with van der Waals surface area (Å²) in [6.07, 6.45) is 0.827. The molecule has 1 atom stereocenters. The third-order valence-electron chi connectivity index (χ3n) is 3.05. The lowest BCUT2D eigenvalue weighted by atomic mass is 10.3. The van der Waals surface area contributed by atoms with Crippen LogP contribution in [0.2, 0.25) is 0 Å². The molecule has 0 radical (unpaired) electrons. The molecule has 1 unspecified atom stereocenters. The van der Waals surface area contributed by atoms with E-state index in [1.807, 2.05) is 11.8 Å². The van der Waals surface area contributed by atoms with Gasteiger partial charge in [-0.2, -0.15) is 11.8 Å². The van der Waals surface area contributed by atoms with Crippen LogP contribution >= 0.6 is 46.0 Å². The minimum atomic E-state index is 0.452. The molecule has 2 rings (SSSR count). The van der Waals surface area contributed by atoms with Gasteiger partial charge < -0.3 is 4.57 Å². The number of fused-ring (bicyclic) bond motifs is 1. The number of halogens is 2. The zero-order valence-electron chi connectivity index (χ0n) is 11.2. The fourth-order valence-electron chi connectivity index (χ4n) is 2.24. The molecule has 1 heterocycles. The van der Waals surface area contributed by atoms with Gasteiger partial charge in [-0.15, -0.1) is 11.6 Å². The molecule has 0 saturated heterocycles. The molecule has 0 saturated carbocycles. The lowest BCUT2D eigenvalue weighted by molar-refractivity contribution is 0.597. The van der Waals surface area contributed by atoms with Gasteiger partial charge in [0.2, 0.25) is 0 Å². The summed E-state index contributed by atoms with van der Waals surface area (Å²) in [5.74, 6) is 3.99. The highest BCUT2D eigenvalue weighted by atomic mass is 127. The average Bonchev–Trinajstić information content (AvgIpc) is 2.73. The van der Waals surface area contributed by atoms with Crippen LogP contribution in [0.4, 0.5) is 0 Å². The highest BCUT2D eigenvalue weighted by Crippen LogP contribution is 2.25. The standard InChI is InChI=1S/C14H18ClIN2S/c1-3-19-9-10(2)18-13-5-4-11(16)8-12(13)17-14(18)6-7-15/h4-5,8,10H,3,6-7,9H2,1-2H3. The van der Waals surface area contributed by atoms with Crippen molar-refractivity contribution in [3.05, 3.63) is 27.6 Å². The molecule has 2 nitrogen and oxygen atoms in total. The Morgan fingerprint density at radius 1 is 1.47 bits per heavy atom. The van der Waals surface area contributed by atoms with E-state index in [-0.39, 0.29) is 0 Å². The SMILES string of the molecule is CCSCC(C)n1c(CCCl)nc2cc(I)ccc21. The Balaban J connectivity index is 2.45. The summed E-state index contributed by atoms with van der Waals surface area (Å²) in [4.78, 5) is 4.76. The Kier molecular flexibility index (Phi) is 5.84. The number of benzene rings is 1. The van der Waals surface area contributed by atoms with Gasteiger partial charge in [0.15, 0.2) is 0 Å². The Morgan fingerprint density at radius 3 is 2.95 bits per heavy atom. The van der Waals surface area contributed by atoms with Gasteiger partial charge in [0.1, 0.15) is 5.82 Å². The first-order valence-electron chi connectivity index (χ1n) is 6.47. The summed E-state index contributed by atoms with van der Waals surface area (Å²) in [5.41, 5.74) is 2.31. The van der Waals surface area contributed by atoms with Crippen molar-refractivity contribution in [2.75, 3.05) is 17.4 Å². The molecule has 1 aromatic heterocycles. The van der Waals surface area contributed by atoms with Gasteiger partial charge in [-0.05, 0) is 53.5 Å². The molecule has 1 aromatic carbocycles. The lowest BCUT2D eigenvalue weighted by Gasteiger charge is -2.17. The van der Waals surface area contributed by atoms with Crippen molar-refractivity contribution in [1.29, 1.82) is 0 Å². The maximum atomic E-state index is 5.92. The third kappa shape index (κ3) is 3.58. The molecule has 0 bridgehead atoms. The molecule has 19 heavy (non-hydrogen) atoms. The second kappa shape index (κ2) is 7.18. The number of nitrogens with zero attached hydrogens (tertiary/aromatic N) is 2. The molecule has 0 amide bonds. The van der Waals surface area contributed by atoms with E-state index in [0.29, 0.717) is 11.9 Å². The molecule has 0 aliphatic rings. The maximum absolute atomic E-state index is 5.92. The number of hydrogen-bond donors (Lipinski definition) is 0. The predicted molar refractivity (Wildman–Crippen MR) is 94.6 cm³/mol. The highest BCUT2D eigenvalue weighted by Gasteiger charge is 2.15. The van der Waals surface area contributed by atoms with Gasteiger partial charge in [-0.25, -0.2) is 4.98 Å². The summed E-state index contributed by atoms with van der Waals surface area (Å²) < 4.78 is 3.58. The number of imidazole rings is 1. The molecule has 0 fully saturated rings. The van der Waals surface area contributed by atoms with Crippen molar-refractivity contribution in [1.82, 2.24) is 9.55 Å². The average molecular weight is 409 g/mol. The van der Waals surface area contributed by atoms with Crippen molar-refractivity contribution < 1.29 is 0 Å². The maximum Gasteiger partial charge on any atom is 0.111 e. The van der Waals surface area contributed by atoms with E-state index in [1.165, 1.54) is 9.09 Å². The fraction of sp³-hybridized carbons (Fsp3) is 0.500. The monoisotopic (exact) mass is 408 g/mol. The molecule has 2 aromatic rings. The molecule has 0 aliphatic carbocycles. The van der Waals surface area contributed by atoms with Crippen LogP contribution in [-0.4, -0.2) is 26.9 Å². The van der Waals surface area contributed by atoms with Crippen molar-refractivity contribution in [2.24, 2.45) is 0 Å². The number of rotatable bonds is 6. The van der Waals surface area contributed by atoms with E-state index in [4.69, 9.17) is 16.6 Å². The first kappa shape index (κ1) is 15.4. The minimum absolute atomic E-state index is 0.452. The molecule has 5 heteroatoms. The zero-order valence-corrected chi connectivity index (χ0v) is 14.9. The second-order valence-corrected chi connectivity index (χ2v) is 7.42. The topological polar surface area (TPSA) is 17.8 Å². The summed E-state index contributed by atoms with van der Waals surface area (Å²) in [6.45, 7) is 4.46. The van der Waals surface area contributed by atoms with E-state index < -0.39 is 0 Å². The number of thioether (sulfide) groups is 1. The van der Waals surface area contributed by atoms with Crippen molar-refractivity contribution in [3.63, 3.8) is 0 Å². The van der Waals surface area contributed by atoms with E-state index in [0.717, 1.165) is 29.3 Å². The van der Waals surface area contributed by atoms with E-state index in [2.05, 4.69) is 59.2 Å². The van der Waals surface area contributed by atoms with E-state index in [9.17, 15) is 0 Å². The summed E-state index contributed by atoms with van der Waals surface area (Å²) >= 11 is 10.2. The van der Waals surface area contributed by atoms with Gasteiger partial charge >= 0.3 is 0 Å². The highest BCUT2D eigenvalue weighted by molar-refractivity contribution is 14.1. The quantitative estimate of drug-likeness (QED) is 0.508. The number of hydrogen-bond acceptors (Lipinski definition) is 2. The second-order valence-electron chi connectivity index (χ2n) is 4.48. The number of alkyl halides is 1. The predicted octanol–water partition coefficient (Wildman–Crippen LogP) is 4.74. The Bertz CT molecular complexity index is 556. The van der Waals surface area contributed by atoms with Gasteiger partial charge in [-0.1, -0.05) is 6.92 Å². The van der Waals surface area contributed by atoms with Crippen LogP contribution in [-0.2, 0) is 6.42 Å². The first-order chi connectivity index (χ1) is 9.17. The van der Waals surface area contributed by atoms with E-state index in [1.54, 1.807) is 0 Å². The first-order valence-corrected chi connectivity index (χ1v) is 9.24. The van der Waals surface area contributed by atoms with Gasteiger partial charge in [0, 0.05) is 27.7 Å². The Labute approximate surface area is 137 Å². The van der Waals surface area contributed by atoms with Gasteiger partial charge in [0.05, 0.1) is 11.0 Å². The third-order valence-corrected chi connectivity index (χ3v) is 5.03. The van der Waals surface area contributed by atoms with Crippen molar-refractivity contribution in [3.8, 4) is 0 Å². The molecule has 0 spiro atoms. The van der Waals surface area contributed by atoms with E-state index >= 15 is 0 Å². The van der Waals surface area contributed by atoms with Crippen LogP contribution in [0.25, 0.3) is 11.0 Å². The molecule has 0 aliphatic heterocycles. The molecular weight excluding hydrogens is 391 g/mol. The number of aryl methyl sites for hydroxylation is 1. The number of aromatic nitrogens is 2. The molecule has 104 valence electrons. The van der Waals surface area contributed by atoms with Crippen LogP contribution in [0.1, 0.15) is 25.7 Å². The normalized spacial score (nSPS) is 13.1.